The van der Waals surface area contributed by atoms with Crippen LogP contribution in [0.15, 0.2) is 85.1 Å². The summed E-state index contributed by atoms with van der Waals surface area (Å²) in [6.45, 7) is 4.15. The van der Waals surface area contributed by atoms with Crippen LogP contribution in [0, 0.1) is 13.8 Å². The molecule has 6 nitrogen and oxygen atoms in total. The van der Waals surface area contributed by atoms with E-state index in [0.29, 0.717) is 12.4 Å². The monoisotopic (exact) mass is 478 g/mol. The first-order chi connectivity index (χ1) is 17.5. The molecule has 4 aromatic rings. The van der Waals surface area contributed by atoms with Gasteiger partial charge < -0.3 is 4.90 Å². The lowest BCUT2D eigenvalue weighted by atomic mass is 10.1. The molecule has 1 aliphatic rings. The highest BCUT2D eigenvalue weighted by atomic mass is 16.2. The maximum Gasteiger partial charge on any atom is 0.246 e. The fourth-order valence-electron chi connectivity index (χ4n) is 4.29. The highest BCUT2D eigenvalue weighted by molar-refractivity contribution is 5.94. The number of amides is 2. The third-order valence-corrected chi connectivity index (χ3v) is 6.62. The van der Waals surface area contributed by atoms with Crippen molar-refractivity contribution in [3.63, 3.8) is 0 Å². The number of aryl methyl sites for hydroxylation is 2. The second-order valence-electron chi connectivity index (χ2n) is 9.42. The smallest absolute Gasteiger partial charge is 0.246 e. The van der Waals surface area contributed by atoms with Gasteiger partial charge in [0.1, 0.15) is 6.54 Å². The molecule has 1 aromatic heterocycles. The second-order valence-corrected chi connectivity index (χ2v) is 9.42. The minimum atomic E-state index is -0.251. The molecule has 1 saturated carbocycles. The molecule has 5 rings (SSSR count). The van der Waals surface area contributed by atoms with Crippen molar-refractivity contribution in [3.8, 4) is 16.9 Å². The van der Waals surface area contributed by atoms with Crippen LogP contribution in [0.2, 0.25) is 0 Å². The SMILES string of the molecule is Cc1ccc(-n2cc(-c3ccccc3)nc2NC(=O)CN(C(=O)Cc2ccccc2)C2CC2)cc1C. The first-order valence-electron chi connectivity index (χ1n) is 12.3. The van der Waals surface area contributed by atoms with Crippen molar-refractivity contribution in [1.82, 2.24) is 14.5 Å². The lowest BCUT2D eigenvalue weighted by Gasteiger charge is -2.22. The standard InChI is InChI=1S/C30H30N4O2/c1-21-13-14-26(17-22(21)2)34-19-27(24-11-7-4-8-12-24)31-30(34)32-28(35)20-33(25-15-16-25)29(36)18-23-9-5-3-6-10-23/h3-14,17,19,25H,15-16,18,20H2,1-2H3,(H,31,32,35). The zero-order valence-corrected chi connectivity index (χ0v) is 20.6. The van der Waals surface area contributed by atoms with E-state index in [0.717, 1.165) is 40.9 Å². The fourth-order valence-corrected chi connectivity index (χ4v) is 4.29. The zero-order valence-electron chi connectivity index (χ0n) is 20.6. The van der Waals surface area contributed by atoms with Gasteiger partial charge in [0.2, 0.25) is 17.8 Å². The lowest BCUT2D eigenvalue weighted by molar-refractivity contribution is -0.134. The van der Waals surface area contributed by atoms with Gasteiger partial charge in [-0.1, -0.05) is 66.7 Å². The van der Waals surface area contributed by atoms with Gasteiger partial charge in [-0.2, -0.15) is 0 Å². The van der Waals surface area contributed by atoms with Crippen molar-refractivity contribution in [2.24, 2.45) is 0 Å². The van der Waals surface area contributed by atoms with E-state index < -0.39 is 0 Å². The molecule has 1 aliphatic carbocycles. The van der Waals surface area contributed by atoms with Crippen LogP contribution in [0.5, 0.6) is 0 Å². The van der Waals surface area contributed by atoms with Gasteiger partial charge in [-0.15, -0.1) is 0 Å². The van der Waals surface area contributed by atoms with Crippen molar-refractivity contribution < 1.29 is 9.59 Å². The number of benzene rings is 3. The number of carbonyl (C=O) groups excluding carboxylic acids is 2. The average molecular weight is 479 g/mol. The molecule has 1 heterocycles. The van der Waals surface area contributed by atoms with Crippen molar-refractivity contribution in [3.05, 3.63) is 102 Å². The normalized spacial score (nSPS) is 12.8. The van der Waals surface area contributed by atoms with Gasteiger partial charge in [0.05, 0.1) is 12.1 Å². The largest absolute Gasteiger partial charge is 0.330 e. The Morgan fingerprint density at radius 1 is 0.944 bits per heavy atom. The molecule has 36 heavy (non-hydrogen) atoms. The summed E-state index contributed by atoms with van der Waals surface area (Å²) >= 11 is 0. The van der Waals surface area contributed by atoms with E-state index in [2.05, 4.69) is 31.3 Å². The Labute approximate surface area is 211 Å². The molecule has 0 unspecified atom stereocenters. The van der Waals surface area contributed by atoms with Crippen molar-refractivity contribution in [1.29, 1.82) is 0 Å². The number of rotatable bonds is 8. The number of hydrogen-bond acceptors (Lipinski definition) is 3. The van der Waals surface area contributed by atoms with Gasteiger partial charge in [0, 0.05) is 23.5 Å². The summed E-state index contributed by atoms with van der Waals surface area (Å²) < 4.78 is 1.90. The minimum absolute atomic E-state index is 0.0107. The Morgan fingerprint density at radius 2 is 1.64 bits per heavy atom. The van der Waals surface area contributed by atoms with Crippen LogP contribution < -0.4 is 5.32 Å². The van der Waals surface area contributed by atoms with Crippen LogP contribution in [0.4, 0.5) is 5.95 Å². The van der Waals surface area contributed by atoms with E-state index in [1.54, 1.807) is 4.90 Å². The van der Waals surface area contributed by atoms with Crippen molar-refractivity contribution in [2.75, 3.05) is 11.9 Å². The van der Waals surface area contributed by atoms with Gasteiger partial charge in [-0.05, 0) is 55.5 Å². The number of nitrogens with zero attached hydrogens (tertiary/aromatic N) is 3. The Balaban J connectivity index is 1.39. The fraction of sp³-hybridized carbons (Fsp3) is 0.233. The molecule has 1 N–H and O–H groups in total. The number of carbonyl (C=O) groups is 2. The molecule has 6 heteroatoms. The van der Waals surface area contributed by atoms with Crippen molar-refractivity contribution in [2.45, 2.75) is 39.2 Å². The molecule has 2 amide bonds. The first-order valence-corrected chi connectivity index (χ1v) is 12.3. The topological polar surface area (TPSA) is 67.2 Å². The van der Waals surface area contributed by atoms with Gasteiger partial charge in [-0.25, -0.2) is 4.98 Å². The van der Waals surface area contributed by atoms with Gasteiger partial charge >= 0.3 is 0 Å². The first kappa shape index (κ1) is 23.5. The summed E-state index contributed by atoms with van der Waals surface area (Å²) in [6, 6.07) is 25.9. The molecule has 1 fully saturated rings. The maximum absolute atomic E-state index is 13.2. The maximum atomic E-state index is 13.2. The predicted octanol–water partition coefficient (Wildman–Crippen LogP) is 5.33. The summed E-state index contributed by atoms with van der Waals surface area (Å²) in [6.07, 6.45) is 4.10. The molecule has 3 aromatic carbocycles. The second kappa shape index (κ2) is 10.2. The molecular formula is C30H30N4O2. The van der Waals surface area contributed by atoms with Gasteiger partial charge in [0.15, 0.2) is 0 Å². The predicted molar refractivity (Wildman–Crippen MR) is 142 cm³/mol. The van der Waals surface area contributed by atoms with E-state index >= 15 is 0 Å². The number of aromatic nitrogens is 2. The third kappa shape index (κ3) is 5.38. The van der Waals surface area contributed by atoms with E-state index in [1.807, 2.05) is 77.5 Å². The van der Waals surface area contributed by atoms with E-state index in [9.17, 15) is 9.59 Å². The number of nitrogens with one attached hydrogen (secondary N) is 1. The van der Waals surface area contributed by atoms with Gasteiger partial charge in [0.25, 0.3) is 0 Å². The zero-order chi connectivity index (χ0) is 25.1. The number of hydrogen-bond donors (Lipinski definition) is 1. The van der Waals surface area contributed by atoms with Gasteiger partial charge in [-0.3, -0.25) is 19.5 Å². The summed E-state index contributed by atoms with van der Waals surface area (Å²) in [7, 11) is 0. The number of imidazole rings is 1. The average Bonchev–Trinajstić information content (AvgIpc) is 3.65. The molecule has 0 spiro atoms. The molecule has 0 saturated heterocycles. The third-order valence-electron chi connectivity index (χ3n) is 6.62. The lowest BCUT2D eigenvalue weighted by Crippen LogP contribution is -2.40. The molecule has 0 atom stereocenters. The van der Waals surface area contributed by atoms with Crippen LogP contribution in [0.25, 0.3) is 16.9 Å². The molecule has 182 valence electrons. The van der Waals surface area contributed by atoms with Crippen LogP contribution in [-0.4, -0.2) is 38.9 Å². The summed E-state index contributed by atoms with van der Waals surface area (Å²) in [4.78, 5) is 32.7. The van der Waals surface area contributed by atoms with Crippen LogP contribution in [0.1, 0.15) is 29.5 Å². The quantitative estimate of drug-likeness (QED) is 0.372. The minimum Gasteiger partial charge on any atom is -0.330 e. The summed E-state index contributed by atoms with van der Waals surface area (Å²) in [5.74, 6) is 0.160. The Morgan fingerprint density at radius 3 is 2.31 bits per heavy atom. The van der Waals surface area contributed by atoms with E-state index in [1.165, 1.54) is 5.56 Å². The van der Waals surface area contributed by atoms with Crippen LogP contribution >= 0.6 is 0 Å². The van der Waals surface area contributed by atoms with E-state index in [4.69, 9.17) is 4.98 Å². The summed E-state index contributed by atoms with van der Waals surface area (Å²) in [5, 5.41) is 2.98. The highest BCUT2D eigenvalue weighted by Gasteiger charge is 2.34. The van der Waals surface area contributed by atoms with Crippen LogP contribution in [0.3, 0.4) is 0 Å². The molecular weight excluding hydrogens is 448 g/mol. The summed E-state index contributed by atoms with van der Waals surface area (Å²) in [5.41, 5.74) is 5.96. The molecule has 0 bridgehead atoms. The van der Waals surface area contributed by atoms with E-state index in [-0.39, 0.29) is 24.4 Å². The number of anilines is 1. The van der Waals surface area contributed by atoms with Crippen LogP contribution in [-0.2, 0) is 16.0 Å². The highest BCUT2D eigenvalue weighted by Crippen LogP contribution is 2.28. The Bertz CT molecular complexity index is 1370. The molecule has 0 radical (unpaired) electrons. The Kier molecular flexibility index (Phi) is 6.67. The van der Waals surface area contributed by atoms with Crippen molar-refractivity contribution >= 4 is 17.8 Å². The molecule has 0 aliphatic heterocycles. The Hall–Kier alpha value is -4.19.